The summed E-state index contributed by atoms with van der Waals surface area (Å²) in [6.45, 7) is 4.75. The molecular formula is C49H36N2. The first-order chi connectivity index (χ1) is 25.1. The number of nitrogens with zero attached hydrogens (tertiary/aromatic N) is 2. The van der Waals surface area contributed by atoms with Crippen molar-refractivity contribution >= 4 is 49.6 Å². The molecule has 10 rings (SSSR count). The normalized spacial score (nSPS) is 13.1. The molecule has 8 aromatic carbocycles. The molecule has 2 heteroatoms. The molecule has 1 heterocycles. The number of rotatable bonds is 5. The van der Waals surface area contributed by atoms with Crippen molar-refractivity contribution in [2.45, 2.75) is 19.3 Å². The van der Waals surface area contributed by atoms with E-state index >= 15 is 0 Å². The Kier molecular flexibility index (Phi) is 6.56. The van der Waals surface area contributed by atoms with Gasteiger partial charge in [0.05, 0.1) is 16.7 Å². The third-order valence-corrected chi connectivity index (χ3v) is 11.0. The summed E-state index contributed by atoms with van der Waals surface area (Å²) in [4.78, 5) is 2.39. The van der Waals surface area contributed by atoms with E-state index in [9.17, 15) is 0 Å². The van der Waals surface area contributed by atoms with Gasteiger partial charge < -0.3 is 9.47 Å². The summed E-state index contributed by atoms with van der Waals surface area (Å²) in [5.41, 5.74) is 14.7. The molecule has 1 aliphatic carbocycles. The molecule has 242 valence electrons. The van der Waals surface area contributed by atoms with Crippen molar-refractivity contribution in [3.05, 3.63) is 193 Å². The molecule has 0 unspecified atom stereocenters. The summed E-state index contributed by atoms with van der Waals surface area (Å²) < 4.78 is 2.47. The highest BCUT2D eigenvalue weighted by atomic mass is 15.1. The predicted molar refractivity (Wildman–Crippen MR) is 216 cm³/mol. The zero-order chi connectivity index (χ0) is 34.1. The van der Waals surface area contributed by atoms with Gasteiger partial charge in [-0.15, -0.1) is 0 Å². The first-order valence-corrected chi connectivity index (χ1v) is 17.8. The van der Waals surface area contributed by atoms with Crippen molar-refractivity contribution in [3.8, 4) is 27.9 Å². The SMILES string of the molecule is CC1(C)c2cc(N(c3ccccc3)c3ccc(-c4ccc5ccccc5c4)cc3)ccc2-c2c(-n3c4ccccc4c4ccccc43)cccc21. The van der Waals surface area contributed by atoms with Gasteiger partial charge >= 0.3 is 0 Å². The maximum absolute atomic E-state index is 2.47. The van der Waals surface area contributed by atoms with Crippen LogP contribution < -0.4 is 4.90 Å². The summed E-state index contributed by atoms with van der Waals surface area (Å²) in [5, 5.41) is 5.08. The molecule has 9 aromatic rings. The van der Waals surface area contributed by atoms with Crippen molar-refractivity contribution in [2.75, 3.05) is 4.90 Å². The van der Waals surface area contributed by atoms with Crippen molar-refractivity contribution in [1.82, 2.24) is 4.57 Å². The number of hydrogen-bond donors (Lipinski definition) is 0. The Balaban J connectivity index is 1.11. The highest BCUT2D eigenvalue weighted by Crippen LogP contribution is 2.53. The first kappa shape index (κ1) is 29.5. The summed E-state index contributed by atoms with van der Waals surface area (Å²) in [6.07, 6.45) is 0. The maximum Gasteiger partial charge on any atom is 0.0543 e. The lowest BCUT2D eigenvalue weighted by Crippen LogP contribution is -2.16. The molecule has 1 aliphatic rings. The summed E-state index contributed by atoms with van der Waals surface area (Å²) in [5.74, 6) is 0. The van der Waals surface area contributed by atoms with E-state index in [2.05, 4.69) is 205 Å². The van der Waals surface area contributed by atoms with Crippen LogP contribution in [0.5, 0.6) is 0 Å². The van der Waals surface area contributed by atoms with Crippen LogP contribution in [0.2, 0.25) is 0 Å². The minimum atomic E-state index is -0.183. The van der Waals surface area contributed by atoms with Gasteiger partial charge in [-0.3, -0.25) is 0 Å². The fourth-order valence-electron chi connectivity index (χ4n) is 8.46. The second-order valence-electron chi connectivity index (χ2n) is 14.2. The zero-order valence-electron chi connectivity index (χ0n) is 28.7. The molecule has 0 aliphatic heterocycles. The Morgan fingerprint density at radius 1 is 0.431 bits per heavy atom. The molecule has 2 nitrogen and oxygen atoms in total. The largest absolute Gasteiger partial charge is 0.310 e. The smallest absolute Gasteiger partial charge is 0.0543 e. The standard InChI is InChI=1S/C49H36N2/c1-49(2)43-19-12-22-47(51-45-20-10-8-17-40(45)41-18-9-11-21-46(41)51)48(43)42-30-29-39(32-44(42)49)50(37-15-4-3-5-16-37)38-27-25-34(26-28-38)36-24-23-33-13-6-7-14-35(33)31-36/h3-32H,1-2H3. The molecule has 0 saturated heterocycles. The molecule has 1 aromatic heterocycles. The van der Waals surface area contributed by atoms with Gasteiger partial charge in [-0.25, -0.2) is 0 Å². The molecule has 0 radical (unpaired) electrons. The van der Waals surface area contributed by atoms with Crippen LogP contribution in [0.25, 0.3) is 60.5 Å². The first-order valence-electron chi connectivity index (χ1n) is 17.8. The van der Waals surface area contributed by atoms with Gasteiger partial charge in [0.25, 0.3) is 0 Å². The van der Waals surface area contributed by atoms with Crippen LogP contribution in [0.15, 0.2) is 182 Å². The van der Waals surface area contributed by atoms with E-state index in [1.807, 2.05) is 0 Å². The van der Waals surface area contributed by atoms with Gasteiger partial charge in [0.15, 0.2) is 0 Å². The van der Waals surface area contributed by atoms with Gasteiger partial charge in [0, 0.05) is 38.8 Å². The van der Waals surface area contributed by atoms with E-state index < -0.39 is 0 Å². The molecule has 51 heavy (non-hydrogen) atoms. The van der Waals surface area contributed by atoms with Gasteiger partial charge in [-0.1, -0.05) is 135 Å². The Morgan fingerprint density at radius 3 is 1.78 bits per heavy atom. The fraction of sp³-hybridized carbons (Fsp3) is 0.0612. The quantitative estimate of drug-likeness (QED) is 0.180. The van der Waals surface area contributed by atoms with Crippen LogP contribution in [-0.2, 0) is 5.41 Å². The Bertz CT molecular complexity index is 2720. The monoisotopic (exact) mass is 652 g/mol. The highest BCUT2D eigenvalue weighted by molar-refractivity contribution is 6.10. The van der Waals surface area contributed by atoms with Crippen molar-refractivity contribution in [1.29, 1.82) is 0 Å². The molecular weight excluding hydrogens is 617 g/mol. The van der Waals surface area contributed by atoms with E-state index in [1.54, 1.807) is 0 Å². The van der Waals surface area contributed by atoms with Crippen LogP contribution in [0.4, 0.5) is 17.1 Å². The topological polar surface area (TPSA) is 8.17 Å². The van der Waals surface area contributed by atoms with Gasteiger partial charge in [0.2, 0.25) is 0 Å². The lowest BCUT2D eigenvalue weighted by atomic mass is 9.82. The van der Waals surface area contributed by atoms with Crippen LogP contribution >= 0.6 is 0 Å². The Labute approximate surface area is 298 Å². The van der Waals surface area contributed by atoms with Gasteiger partial charge in [-0.2, -0.15) is 0 Å². The second-order valence-corrected chi connectivity index (χ2v) is 14.2. The van der Waals surface area contributed by atoms with Gasteiger partial charge in [0.1, 0.15) is 0 Å². The number of aromatic nitrogens is 1. The molecule has 0 saturated carbocycles. The van der Waals surface area contributed by atoms with Crippen molar-refractivity contribution < 1.29 is 0 Å². The molecule has 0 amide bonds. The summed E-state index contributed by atoms with van der Waals surface area (Å²) >= 11 is 0. The Morgan fingerprint density at radius 2 is 1.04 bits per heavy atom. The number of anilines is 3. The number of fused-ring (bicyclic) bond motifs is 7. The van der Waals surface area contributed by atoms with Crippen molar-refractivity contribution in [2.24, 2.45) is 0 Å². The average Bonchev–Trinajstić information content (AvgIpc) is 3.64. The maximum atomic E-state index is 2.47. The van der Waals surface area contributed by atoms with E-state index in [0.29, 0.717) is 0 Å². The van der Waals surface area contributed by atoms with Gasteiger partial charge in [-0.05, 0) is 99.3 Å². The molecule has 0 N–H and O–H groups in total. The molecule has 0 spiro atoms. The highest BCUT2D eigenvalue weighted by Gasteiger charge is 2.38. The number of hydrogen-bond acceptors (Lipinski definition) is 1. The zero-order valence-corrected chi connectivity index (χ0v) is 28.7. The molecule has 0 fully saturated rings. The minimum absolute atomic E-state index is 0.183. The number of para-hydroxylation sites is 3. The fourth-order valence-corrected chi connectivity index (χ4v) is 8.46. The van der Waals surface area contributed by atoms with Crippen LogP contribution in [-0.4, -0.2) is 4.57 Å². The summed E-state index contributed by atoms with van der Waals surface area (Å²) in [6, 6.07) is 66.5. The third-order valence-electron chi connectivity index (χ3n) is 11.0. The van der Waals surface area contributed by atoms with E-state index in [4.69, 9.17) is 0 Å². The lowest BCUT2D eigenvalue weighted by molar-refractivity contribution is 0.660. The van der Waals surface area contributed by atoms with E-state index in [1.165, 1.54) is 71.6 Å². The van der Waals surface area contributed by atoms with Crippen LogP contribution in [0.1, 0.15) is 25.0 Å². The third kappa shape index (κ3) is 4.57. The number of benzene rings is 8. The van der Waals surface area contributed by atoms with Crippen LogP contribution in [0, 0.1) is 0 Å². The Hall–Kier alpha value is -6.38. The molecule has 0 bridgehead atoms. The minimum Gasteiger partial charge on any atom is -0.310 e. The summed E-state index contributed by atoms with van der Waals surface area (Å²) in [7, 11) is 0. The van der Waals surface area contributed by atoms with E-state index in [0.717, 1.165) is 17.1 Å². The average molecular weight is 653 g/mol. The molecule has 0 atom stereocenters. The van der Waals surface area contributed by atoms with Crippen molar-refractivity contribution in [3.63, 3.8) is 0 Å². The predicted octanol–water partition coefficient (Wildman–Crippen LogP) is 13.4. The lowest BCUT2D eigenvalue weighted by Gasteiger charge is -2.28. The second kappa shape index (κ2) is 11.3. The van der Waals surface area contributed by atoms with Crippen LogP contribution in [0.3, 0.4) is 0 Å². The van der Waals surface area contributed by atoms with E-state index in [-0.39, 0.29) is 5.41 Å².